The van der Waals surface area contributed by atoms with E-state index in [1.165, 1.54) is 130 Å². The van der Waals surface area contributed by atoms with E-state index in [2.05, 4.69) is 253 Å². The van der Waals surface area contributed by atoms with Crippen molar-refractivity contribution in [2.75, 3.05) is 4.90 Å². The fourth-order valence-electron chi connectivity index (χ4n) is 11.4. The van der Waals surface area contributed by atoms with Crippen molar-refractivity contribution >= 4 is 34.7 Å². The summed E-state index contributed by atoms with van der Waals surface area (Å²) in [7, 11) is 0. The Labute approximate surface area is 405 Å². The van der Waals surface area contributed by atoms with E-state index in [-0.39, 0.29) is 17.5 Å². The van der Waals surface area contributed by atoms with E-state index in [0.717, 1.165) is 6.42 Å². The molecule has 0 bridgehead atoms. The first kappa shape index (κ1) is 43.4. The van der Waals surface area contributed by atoms with E-state index in [0.29, 0.717) is 0 Å². The minimum atomic E-state index is 0.0544. The van der Waals surface area contributed by atoms with Gasteiger partial charge < -0.3 is 4.90 Å². The Hall–Kier alpha value is -7.16. The minimum absolute atomic E-state index is 0.0544. The summed E-state index contributed by atoms with van der Waals surface area (Å²) in [6.07, 6.45) is 3.14. The SMILES string of the molecule is CB1c2cc3c(cc2N(c2cc(-c4ccccc4)ccc2C)c2cc(-c4ccccc4C)cc(-c4ccc(-c5ccccc5)cc4Cc4ccc(-c5ccccc5)cc4)c21)C(C)(C)CCC3(C)C. The number of fused-ring (bicyclic) bond motifs is 3. The van der Waals surface area contributed by atoms with Gasteiger partial charge in [-0.1, -0.05) is 216 Å². The van der Waals surface area contributed by atoms with Gasteiger partial charge in [0.2, 0.25) is 6.71 Å². The molecule has 2 aliphatic rings. The van der Waals surface area contributed by atoms with Crippen LogP contribution in [0, 0.1) is 13.8 Å². The van der Waals surface area contributed by atoms with Crippen molar-refractivity contribution in [2.24, 2.45) is 0 Å². The lowest BCUT2D eigenvalue weighted by molar-refractivity contribution is 0.332. The van der Waals surface area contributed by atoms with Crippen LogP contribution in [0.25, 0.3) is 55.6 Å². The number of aryl methyl sites for hydroxylation is 2. The summed E-state index contributed by atoms with van der Waals surface area (Å²) in [5, 5.41) is 0. The molecule has 0 fully saturated rings. The van der Waals surface area contributed by atoms with Gasteiger partial charge in [0.15, 0.2) is 0 Å². The summed E-state index contributed by atoms with van der Waals surface area (Å²) in [6.45, 7) is 17.0. The topological polar surface area (TPSA) is 3.24 Å². The van der Waals surface area contributed by atoms with Crippen LogP contribution in [0.3, 0.4) is 0 Å². The zero-order valence-electron chi connectivity index (χ0n) is 40.7. The Bertz CT molecular complexity index is 3330. The number of hydrogen-bond acceptors (Lipinski definition) is 1. The van der Waals surface area contributed by atoms with E-state index >= 15 is 0 Å². The molecule has 9 aromatic rings. The predicted octanol–water partition coefficient (Wildman–Crippen LogP) is 16.6. The van der Waals surface area contributed by atoms with E-state index in [9.17, 15) is 0 Å². The Morgan fingerprint density at radius 1 is 0.412 bits per heavy atom. The Morgan fingerprint density at radius 2 is 0.926 bits per heavy atom. The lowest BCUT2D eigenvalue weighted by atomic mass is 9.38. The first-order valence-electron chi connectivity index (χ1n) is 24.7. The summed E-state index contributed by atoms with van der Waals surface area (Å²) in [5.74, 6) is 0. The Balaban J connectivity index is 1.20. The molecule has 1 heterocycles. The molecule has 0 atom stereocenters. The van der Waals surface area contributed by atoms with Crippen LogP contribution in [0.15, 0.2) is 200 Å². The van der Waals surface area contributed by atoms with Gasteiger partial charge in [0.05, 0.1) is 0 Å². The first-order chi connectivity index (χ1) is 32.9. The van der Waals surface area contributed by atoms with Gasteiger partial charge in [0.1, 0.15) is 0 Å². The quantitative estimate of drug-likeness (QED) is 0.138. The highest BCUT2D eigenvalue weighted by Gasteiger charge is 2.42. The van der Waals surface area contributed by atoms with Gasteiger partial charge in [-0.2, -0.15) is 0 Å². The van der Waals surface area contributed by atoms with Crippen LogP contribution in [0.2, 0.25) is 6.82 Å². The molecule has 2 heteroatoms. The predicted molar refractivity (Wildman–Crippen MR) is 293 cm³/mol. The number of benzene rings is 9. The van der Waals surface area contributed by atoms with Gasteiger partial charge in [0, 0.05) is 17.1 Å². The van der Waals surface area contributed by atoms with Crippen molar-refractivity contribution in [2.45, 2.75) is 78.5 Å². The van der Waals surface area contributed by atoms with Crippen LogP contribution < -0.4 is 15.8 Å². The van der Waals surface area contributed by atoms with Crippen molar-refractivity contribution in [1.29, 1.82) is 0 Å². The number of anilines is 3. The van der Waals surface area contributed by atoms with Crippen LogP contribution in [0.5, 0.6) is 0 Å². The molecule has 11 rings (SSSR count). The zero-order chi connectivity index (χ0) is 46.7. The standard InChI is InChI=1S/C66H60BN/c1-44-19-17-18-26-55(44)54-39-57(56-34-33-51(48-22-13-9-14-23-48)38-53(56)37-46-28-31-50(32-29-46)47-20-11-8-12-21-47)64-63(41-54)68(61-40-52(30-27-45(61)2)49-24-15-10-16-25-49)62-43-59-58(42-60(62)67(64)7)65(3,4)35-36-66(59,5)6/h8-34,38-43H,35-37H2,1-7H3. The molecule has 0 saturated carbocycles. The molecule has 0 amide bonds. The van der Waals surface area contributed by atoms with Crippen molar-refractivity contribution < 1.29 is 0 Å². The molecule has 332 valence electrons. The molecule has 0 radical (unpaired) electrons. The summed E-state index contributed by atoms with van der Waals surface area (Å²) in [4.78, 5) is 2.66. The highest BCUT2D eigenvalue weighted by atomic mass is 15.2. The molecule has 9 aromatic carbocycles. The third kappa shape index (κ3) is 7.80. The molecular formula is C66H60BN. The smallest absolute Gasteiger partial charge is 0.212 e. The van der Waals surface area contributed by atoms with Crippen LogP contribution in [0.1, 0.15) is 73.9 Å². The van der Waals surface area contributed by atoms with Gasteiger partial charge in [-0.15, -0.1) is 0 Å². The van der Waals surface area contributed by atoms with Gasteiger partial charge in [-0.3, -0.25) is 0 Å². The highest BCUT2D eigenvalue weighted by Crippen LogP contribution is 2.50. The van der Waals surface area contributed by atoms with E-state index in [1.807, 2.05) is 0 Å². The number of rotatable bonds is 8. The van der Waals surface area contributed by atoms with Crippen molar-refractivity contribution in [3.8, 4) is 55.6 Å². The zero-order valence-corrected chi connectivity index (χ0v) is 40.7. The monoisotopic (exact) mass is 877 g/mol. The fourth-order valence-corrected chi connectivity index (χ4v) is 11.4. The fraction of sp³-hybridized carbons (Fsp3) is 0.182. The lowest BCUT2D eigenvalue weighted by Gasteiger charge is -2.45. The van der Waals surface area contributed by atoms with Crippen LogP contribution in [-0.4, -0.2) is 6.71 Å². The Morgan fingerprint density at radius 3 is 1.56 bits per heavy atom. The second-order valence-electron chi connectivity index (χ2n) is 20.9. The van der Waals surface area contributed by atoms with Crippen LogP contribution in [0.4, 0.5) is 17.1 Å². The van der Waals surface area contributed by atoms with Crippen molar-refractivity contribution in [3.05, 3.63) is 234 Å². The maximum absolute atomic E-state index is 2.66. The molecule has 0 N–H and O–H groups in total. The number of hydrogen-bond donors (Lipinski definition) is 0. The van der Waals surface area contributed by atoms with Gasteiger partial charge in [-0.05, 0) is 163 Å². The van der Waals surface area contributed by atoms with Crippen LogP contribution >= 0.6 is 0 Å². The average molecular weight is 878 g/mol. The van der Waals surface area contributed by atoms with Gasteiger partial charge >= 0.3 is 0 Å². The van der Waals surface area contributed by atoms with E-state index < -0.39 is 0 Å². The molecular weight excluding hydrogens is 818 g/mol. The third-order valence-electron chi connectivity index (χ3n) is 15.5. The highest BCUT2D eigenvalue weighted by molar-refractivity contribution is 6.88. The minimum Gasteiger partial charge on any atom is -0.311 e. The lowest BCUT2D eigenvalue weighted by Crippen LogP contribution is -2.50. The first-order valence-corrected chi connectivity index (χ1v) is 24.7. The normalized spacial score (nSPS) is 14.5. The molecule has 0 saturated heterocycles. The summed E-state index contributed by atoms with van der Waals surface area (Å²) in [6, 6.07) is 75.3. The molecule has 68 heavy (non-hydrogen) atoms. The third-order valence-corrected chi connectivity index (χ3v) is 15.5. The molecule has 0 spiro atoms. The maximum Gasteiger partial charge on any atom is 0.212 e. The second-order valence-corrected chi connectivity index (χ2v) is 20.9. The Kier molecular flexibility index (Phi) is 11.0. The van der Waals surface area contributed by atoms with E-state index in [1.54, 1.807) is 0 Å². The van der Waals surface area contributed by atoms with Crippen LogP contribution in [-0.2, 0) is 17.3 Å². The van der Waals surface area contributed by atoms with Crippen molar-refractivity contribution in [3.63, 3.8) is 0 Å². The molecule has 1 aliphatic heterocycles. The molecule has 1 aliphatic carbocycles. The van der Waals surface area contributed by atoms with Gasteiger partial charge in [-0.25, -0.2) is 0 Å². The van der Waals surface area contributed by atoms with E-state index in [4.69, 9.17) is 0 Å². The molecule has 0 aromatic heterocycles. The maximum atomic E-state index is 2.66. The summed E-state index contributed by atoms with van der Waals surface area (Å²) in [5.41, 5.74) is 27.3. The summed E-state index contributed by atoms with van der Waals surface area (Å²) < 4.78 is 0. The average Bonchev–Trinajstić information content (AvgIpc) is 3.36. The molecule has 0 unspecified atom stereocenters. The number of nitrogens with zero attached hydrogens (tertiary/aromatic N) is 1. The summed E-state index contributed by atoms with van der Waals surface area (Å²) >= 11 is 0. The second kappa shape index (κ2) is 17.2. The van der Waals surface area contributed by atoms with Crippen molar-refractivity contribution in [1.82, 2.24) is 0 Å². The molecule has 1 nitrogen and oxygen atoms in total. The largest absolute Gasteiger partial charge is 0.311 e. The van der Waals surface area contributed by atoms with Gasteiger partial charge in [0.25, 0.3) is 0 Å².